The molecule has 4 nitrogen and oxygen atoms in total. The molecule has 0 atom stereocenters. The molecule has 0 heterocycles. The van der Waals surface area contributed by atoms with Gasteiger partial charge in [0.1, 0.15) is 6.54 Å². The smallest absolute Gasteiger partial charge is 0.325 e. The Morgan fingerprint density at radius 3 is 2.69 bits per heavy atom. The van der Waals surface area contributed by atoms with E-state index < -0.39 is 0 Å². The fraction of sp³-hybridized carbons (Fsp3) is 0.227. The Balaban J connectivity index is 1.74. The lowest BCUT2D eigenvalue weighted by atomic mass is 9.98. The summed E-state index contributed by atoms with van der Waals surface area (Å²) in [5, 5.41) is 8.95. The van der Waals surface area contributed by atoms with Crippen molar-refractivity contribution >= 4 is 28.1 Å². The van der Waals surface area contributed by atoms with Crippen LogP contribution in [-0.2, 0) is 16.0 Å². The summed E-state index contributed by atoms with van der Waals surface area (Å²) in [6.45, 7) is 3.20. The van der Waals surface area contributed by atoms with Crippen LogP contribution in [0.25, 0.3) is 21.9 Å². The molecule has 0 unspecified atom stereocenters. The highest BCUT2D eigenvalue weighted by Crippen LogP contribution is 2.42. The molecular formula is C22H22N2O2. The number of fused-ring (bicyclic) bond motifs is 5. The van der Waals surface area contributed by atoms with Crippen molar-refractivity contribution < 1.29 is 9.53 Å². The SMILES string of the molecule is CCNc1ccc2c(c1)Cc1c-2ccc2c(NCC(=O)OC)cccc12. The van der Waals surface area contributed by atoms with Gasteiger partial charge in [-0.2, -0.15) is 0 Å². The first-order chi connectivity index (χ1) is 12.7. The molecule has 4 rings (SSSR count). The molecule has 3 aromatic carbocycles. The van der Waals surface area contributed by atoms with E-state index in [1.807, 2.05) is 12.1 Å². The van der Waals surface area contributed by atoms with Gasteiger partial charge in [-0.25, -0.2) is 0 Å². The number of esters is 1. The van der Waals surface area contributed by atoms with Crippen molar-refractivity contribution in [3.63, 3.8) is 0 Å². The highest BCUT2D eigenvalue weighted by Gasteiger charge is 2.21. The first-order valence-corrected chi connectivity index (χ1v) is 8.93. The van der Waals surface area contributed by atoms with Crippen molar-refractivity contribution in [2.24, 2.45) is 0 Å². The van der Waals surface area contributed by atoms with Crippen LogP contribution in [0.1, 0.15) is 18.1 Å². The van der Waals surface area contributed by atoms with Crippen LogP contribution in [0.3, 0.4) is 0 Å². The van der Waals surface area contributed by atoms with Gasteiger partial charge in [0.05, 0.1) is 7.11 Å². The third kappa shape index (κ3) is 2.77. The summed E-state index contributed by atoms with van der Waals surface area (Å²) < 4.78 is 4.72. The quantitative estimate of drug-likeness (QED) is 0.525. The maximum absolute atomic E-state index is 11.5. The molecule has 3 aromatic rings. The summed E-state index contributed by atoms with van der Waals surface area (Å²) in [6.07, 6.45) is 0.932. The molecule has 132 valence electrons. The van der Waals surface area contributed by atoms with Gasteiger partial charge in [-0.05, 0) is 59.2 Å². The number of hydrogen-bond acceptors (Lipinski definition) is 4. The zero-order chi connectivity index (χ0) is 18.1. The second-order valence-electron chi connectivity index (χ2n) is 6.50. The van der Waals surface area contributed by atoms with Gasteiger partial charge in [-0.3, -0.25) is 4.79 Å². The van der Waals surface area contributed by atoms with Crippen molar-refractivity contribution in [2.75, 3.05) is 30.8 Å². The van der Waals surface area contributed by atoms with Gasteiger partial charge in [-0.15, -0.1) is 0 Å². The van der Waals surface area contributed by atoms with E-state index >= 15 is 0 Å². The Kier molecular flexibility index (Phi) is 4.25. The lowest BCUT2D eigenvalue weighted by Gasteiger charge is -2.12. The van der Waals surface area contributed by atoms with Crippen molar-refractivity contribution in [1.82, 2.24) is 0 Å². The van der Waals surface area contributed by atoms with E-state index in [0.29, 0.717) is 0 Å². The lowest BCUT2D eigenvalue weighted by Crippen LogP contribution is -2.15. The van der Waals surface area contributed by atoms with E-state index in [0.717, 1.165) is 24.0 Å². The van der Waals surface area contributed by atoms with Crippen molar-refractivity contribution in [3.8, 4) is 11.1 Å². The van der Waals surface area contributed by atoms with Crippen LogP contribution < -0.4 is 10.6 Å². The zero-order valence-corrected chi connectivity index (χ0v) is 15.1. The van der Waals surface area contributed by atoms with Gasteiger partial charge in [0.25, 0.3) is 0 Å². The molecule has 1 aliphatic carbocycles. The minimum absolute atomic E-state index is 0.166. The third-order valence-electron chi connectivity index (χ3n) is 4.97. The van der Waals surface area contributed by atoms with Crippen LogP contribution in [0, 0.1) is 0 Å². The predicted octanol–water partition coefficient (Wildman–Crippen LogP) is 4.43. The molecule has 0 bridgehead atoms. The Labute approximate surface area is 153 Å². The van der Waals surface area contributed by atoms with E-state index in [1.54, 1.807) is 0 Å². The first kappa shape index (κ1) is 16.5. The van der Waals surface area contributed by atoms with Gasteiger partial charge in [0.15, 0.2) is 0 Å². The summed E-state index contributed by atoms with van der Waals surface area (Å²) in [7, 11) is 1.40. The molecule has 0 aromatic heterocycles. The second kappa shape index (κ2) is 6.71. The number of carbonyl (C=O) groups is 1. The van der Waals surface area contributed by atoms with Crippen LogP contribution in [0.4, 0.5) is 11.4 Å². The molecule has 1 aliphatic rings. The van der Waals surface area contributed by atoms with E-state index in [4.69, 9.17) is 4.74 Å². The maximum Gasteiger partial charge on any atom is 0.325 e. The van der Waals surface area contributed by atoms with Crippen molar-refractivity contribution in [1.29, 1.82) is 0 Å². The molecule has 2 N–H and O–H groups in total. The topological polar surface area (TPSA) is 50.4 Å². The van der Waals surface area contributed by atoms with E-state index in [9.17, 15) is 4.79 Å². The van der Waals surface area contributed by atoms with Crippen LogP contribution in [0.2, 0.25) is 0 Å². The number of rotatable bonds is 5. The van der Waals surface area contributed by atoms with Gasteiger partial charge in [0.2, 0.25) is 0 Å². The average Bonchev–Trinajstić information content (AvgIpc) is 3.04. The molecule has 0 amide bonds. The zero-order valence-electron chi connectivity index (χ0n) is 15.1. The molecule has 26 heavy (non-hydrogen) atoms. The first-order valence-electron chi connectivity index (χ1n) is 8.93. The molecule has 0 fully saturated rings. The number of ether oxygens (including phenoxy) is 1. The van der Waals surface area contributed by atoms with Gasteiger partial charge >= 0.3 is 5.97 Å². The number of carbonyl (C=O) groups excluding carboxylic acids is 1. The summed E-state index contributed by atoms with van der Waals surface area (Å²) >= 11 is 0. The van der Waals surface area contributed by atoms with Crippen LogP contribution >= 0.6 is 0 Å². The number of nitrogens with one attached hydrogen (secondary N) is 2. The minimum Gasteiger partial charge on any atom is -0.468 e. The third-order valence-corrected chi connectivity index (χ3v) is 4.97. The number of anilines is 2. The van der Waals surface area contributed by atoms with Gasteiger partial charge in [0, 0.05) is 23.3 Å². The van der Waals surface area contributed by atoms with Crippen molar-refractivity contribution in [3.05, 3.63) is 59.7 Å². The highest BCUT2D eigenvalue weighted by atomic mass is 16.5. The molecular weight excluding hydrogens is 324 g/mol. The molecule has 0 saturated carbocycles. The van der Waals surface area contributed by atoms with Crippen LogP contribution in [0.15, 0.2) is 48.5 Å². The lowest BCUT2D eigenvalue weighted by molar-refractivity contribution is -0.138. The fourth-order valence-corrected chi connectivity index (χ4v) is 3.76. The Morgan fingerprint density at radius 2 is 1.88 bits per heavy atom. The van der Waals surface area contributed by atoms with E-state index in [1.165, 1.54) is 40.4 Å². The molecule has 0 aliphatic heterocycles. The summed E-state index contributed by atoms with van der Waals surface area (Å²) in [4.78, 5) is 11.5. The maximum atomic E-state index is 11.5. The molecule has 0 radical (unpaired) electrons. The largest absolute Gasteiger partial charge is 0.468 e. The summed E-state index contributed by atoms with van der Waals surface area (Å²) in [6, 6.07) is 17.2. The fourth-order valence-electron chi connectivity index (χ4n) is 3.76. The standard InChI is InChI=1S/C22H22N2O2/c1-3-23-15-7-8-16-14(11-15)12-20-17-5-4-6-21(24-13-22(25)26-2)19(17)10-9-18(16)20/h4-11,23-24H,3,12-13H2,1-2H3. The Bertz CT molecular complexity index is 995. The molecule has 0 saturated heterocycles. The van der Waals surface area contributed by atoms with Crippen LogP contribution in [0.5, 0.6) is 0 Å². The van der Waals surface area contributed by atoms with E-state index in [2.05, 4.69) is 54.0 Å². The Morgan fingerprint density at radius 1 is 1.04 bits per heavy atom. The average molecular weight is 346 g/mol. The monoisotopic (exact) mass is 346 g/mol. The normalized spacial score (nSPS) is 11.8. The Hall–Kier alpha value is -3.01. The summed E-state index contributed by atoms with van der Waals surface area (Å²) in [5.74, 6) is -0.272. The van der Waals surface area contributed by atoms with Crippen LogP contribution in [-0.4, -0.2) is 26.2 Å². The predicted molar refractivity (Wildman–Crippen MR) is 107 cm³/mol. The second-order valence-corrected chi connectivity index (χ2v) is 6.50. The summed E-state index contributed by atoms with van der Waals surface area (Å²) in [5.41, 5.74) is 7.47. The number of methoxy groups -OCH3 is 1. The number of benzene rings is 3. The minimum atomic E-state index is -0.272. The molecule has 0 spiro atoms. The number of hydrogen-bond donors (Lipinski definition) is 2. The van der Waals surface area contributed by atoms with Crippen molar-refractivity contribution in [2.45, 2.75) is 13.3 Å². The van der Waals surface area contributed by atoms with Gasteiger partial charge < -0.3 is 15.4 Å². The molecule has 4 heteroatoms. The highest BCUT2D eigenvalue weighted by molar-refractivity contribution is 6.01. The van der Waals surface area contributed by atoms with E-state index in [-0.39, 0.29) is 12.5 Å². The van der Waals surface area contributed by atoms with Gasteiger partial charge in [-0.1, -0.05) is 30.3 Å².